The average molecular weight is 277 g/mol. The third-order valence-electron chi connectivity index (χ3n) is 3.85. The smallest absolute Gasteiger partial charge is 0.335 e. The van der Waals surface area contributed by atoms with Crippen LogP contribution in [0, 0.1) is 0 Å². The Morgan fingerprint density at radius 1 is 1.53 bits per heavy atom. The monoisotopic (exact) mass is 277 g/mol. The number of benzene rings is 1. The fourth-order valence-corrected chi connectivity index (χ4v) is 3.62. The summed E-state index contributed by atoms with van der Waals surface area (Å²) in [6.07, 6.45) is 4.20. The summed E-state index contributed by atoms with van der Waals surface area (Å²) in [5, 5.41) is 10.0. The maximum atomic E-state index is 10.9. The molecule has 1 N–H and O–H groups in total. The minimum atomic E-state index is -0.899. The van der Waals surface area contributed by atoms with Crippen LogP contribution < -0.4 is 0 Å². The summed E-state index contributed by atoms with van der Waals surface area (Å²) in [7, 11) is 1.76. The van der Waals surface area contributed by atoms with Crippen molar-refractivity contribution in [1.82, 2.24) is 4.98 Å². The molecule has 1 aliphatic carbocycles. The predicted molar refractivity (Wildman–Crippen MR) is 73.9 cm³/mol. The van der Waals surface area contributed by atoms with Crippen molar-refractivity contribution in [3.8, 4) is 0 Å². The lowest BCUT2D eigenvalue weighted by molar-refractivity contribution is -0.0708. The first-order valence-corrected chi connectivity index (χ1v) is 7.11. The van der Waals surface area contributed by atoms with Gasteiger partial charge in [-0.25, -0.2) is 9.78 Å². The quantitative estimate of drug-likeness (QED) is 0.933. The van der Waals surface area contributed by atoms with Crippen LogP contribution in [0.25, 0.3) is 10.2 Å². The predicted octanol–water partition coefficient (Wildman–Crippen LogP) is 3.11. The van der Waals surface area contributed by atoms with Gasteiger partial charge in [-0.15, -0.1) is 11.3 Å². The minimum absolute atomic E-state index is 0.0382. The van der Waals surface area contributed by atoms with Gasteiger partial charge in [0.2, 0.25) is 0 Å². The van der Waals surface area contributed by atoms with Crippen LogP contribution in [-0.4, -0.2) is 28.8 Å². The van der Waals surface area contributed by atoms with Crippen LogP contribution in [0.5, 0.6) is 0 Å². The Balaban J connectivity index is 1.91. The van der Waals surface area contributed by atoms with E-state index in [0.717, 1.165) is 34.5 Å². The first kappa shape index (κ1) is 12.6. The Morgan fingerprint density at radius 2 is 2.32 bits per heavy atom. The highest BCUT2D eigenvalue weighted by Gasteiger charge is 2.37. The van der Waals surface area contributed by atoms with Gasteiger partial charge in [0.1, 0.15) is 0 Å². The molecule has 1 fully saturated rings. The molecular formula is C14H15NO3S. The second-order valence-electron chi connectivity index (χ2n) is 5.01. The standard InChI is InChI=1S/C14H15NO3S/c1-18-14(5-2-6-14)8-12-15-10-4-3-9(13(16)17)7-11(10)19-12/h3-4,7H,2,5-6,8H2,1H3,(H,16,17). The molecule has 3 rings (SSSR count). The lowest BCUT2D eigenvalue weighted by Gasteiger charge is -2.39. The molecule has 1 aliphatic rings. The summed E-state index contributed by atoms with van der Waals surface area (Å²) < 4.78 is 6.54. The Labute approximate surface area is 115 Å². The van der Waals surface area contributed by atoms with E-state index >= 15 is 0 Å². The fraction of sp³-hybridized carbons (Fsp3) is 0.429. The number of carboxylic acid groups (broad SMARTS) is 1. The van der Waals surface area contributed by atoms with Crippen LogP contribution in [0.3, 0.4) is 0 Å². The number of carbonyl (C=O) groups is 1. The third kappa shape index (κ3) is 2.24. The van der Waals surface area contributed by atoms with E-state index in [4.69, 9.17) is 9.84 Å². The molecular weight excluding hydrogens is 262 g/mol. The van der Waals surface area contributed by atoms with Crippen LogP contribution in [-0.2, 0) is 11.2 Å². The number of hydrogen-bond acceptors (Lipinski definition) is 4. The maximum Gasteiger partial charge on any atom is 0.335 e. The molecule has 19 heavy (non-hydrogen) atoms. The molecule has 100 valence electrons. The molecule has 1 saturated carbocycles. The third-order valence-corrected chi connectivity index (χ3v) is 4.87. The van der Waals surface area contributed by atoms with E-state index in [1.54, 1.807) is 36.6 Å². The van der Waals surface area contributed by atoms with Crippen molar-refractivity contribution in [2.75, 3.05) is 7.11 Å². The van der Waals surface area contributed by atoms with Gasteiger partial charge in [-0.1, -0.05) is 0 Å². The van der Waals surface area contributed by atoms with Crippen LogP contribution in [0.1, 0.15) is 34.6 Å². The normalized spacial score (nSPS) is 17.3. The zero-order valence-electron chi connectivity index (χ0n) is 10.7. The Hall–Kier alpha value is -1.46. The largest absolute Gasteiger partial charge is 0.478 e. The van der Waals surface area contributed by atoms with Gasteiger partial charge < -0.3 is 9.84 Å². The molecule has 2 aromatic rings. The minimum Gasteiger partial charge on any atom is -0.478 e. The molecule has 0 radical (unpaired) electrons. The van der Waals surface area contributed by atoms with Gasteiger partial charge in [0.05, 0.1) is 26.4 Å². The lowest BCUT2D eigenvalue weighted by atomic mass is 9.78. The average Bonchev–Trinajstić information content (AvgIpc) is 2.74. The molecule has 4 nitrogen and oxygen atoms in total. The summed E-state index contributed by atoms with van der Waals surface area (Å²) in [6.45, 7) is 0. The Kier molecular flexibility index (Phi) is 3.03. The van der Waals surface area contributed by atoms with Crippen molar-refractivity contribution in [2.45, 2.75) is 31.3 Å². The van der Waals surface area contributed by atoms with E-state index in [0.29, 0.717) is 5.56 Å². The van der Waals surface area contributed by atoms with E-state index in [9.17, 15) is 4.79 Å². The number of ether oxygens (including phenoxy) is 1. The molecule has 0 saturated heterocycles. The molecule has 1 aromatic heterocycles. The topological polar surface area (TPSA) is 59.4 Å². The summed E-state index contributed by atoms with van der Waals surface area (Å²) in [5.41, 5.74) is 1.15. The molecule has 0 atom stereocenters. The number of fused-ring (bicyclic) bond motifs is 1. The molecule has 1 aromatic carbocycles. The highest BCUT2D eigenvalue weighted by Crippen LogP contribution is 2.39. The number of aromatic carboxylic acids is 1. The molecule has 1 heterocycles. The molecule has 0 aliphatic heterocycles. The van der Waals surface area contributed by atoms with E-state index in [1.807, 2.05) is 0 Å². The number of nitrogens with zero attached hydrogens (tertiary/aromatic N) is 1. The van der Waals surface area contributed by atoms with Crippen LogP contribution in [0.4, 0.5) is 0 Å². The van der Waals surface area contributed by atoms with E-state index in [-0.39, 0.29) is 5.60 Å². The molecule has 0 spiro atoms. The van der Waals surface area contributed by atoms with Crippen LogP contribution >= 0.6 is 11.3 Å². The molecule has 0 bridgehead atoms. The fourth-order valence-electron chi connectivity index (χ4n) is 2.48. The van der Waals surface area contributed by atoms with Crippen molar-refractivity contribution in [1.29, 1.82) is 0 Å². The first-order chi connectivity index (χ1) is 9.12. The van der Waals surface area contributed by atoms with Gasteiger partial charge in [0.25, 0.3) is 0 Å². The lowest BCUT2D eigenvalue weighted by Crippen LogP contribution is -2.41. The van der Waals surface area contributed by atoms with Crippen molar-refractivity contribution >= 4 is 27.5 Å². The van der Waals surface area contributed by atoms with Crippen LogP contribution in [0.2, 0.25) is 0 Å². The van der Waals surface area contributed by atoms with Crippen molar-refractivity contribution in [2.24, 2.45) is 0 Å². The molecule has 5 heteroatoms. The van der Waals surface area contributed by atoms with E-state index in [2.05, 4.69) is 4.98 Å². The SMILES string of the molecule is COC1(Cc2nc3ccc(C(=O)O)cc3s2)CCC1. The van der Waals surface area contributed by atoms with Gasteiger partial charge in [-0.2, -0.15) is 0 Å². The number of carboxylic acids is 1. The van der Waals surface area contributed by atoms with Gasteiger partial charge in [0.15, 0.2) is 0 Å². The highest BCUT2D eigenvalue weighted by atomic mass is 32.1. The first-order valence-electron chi connectivity index (χ1n) is 6.30. The Morgan fingerprint density at radius 3 is 2.89 bits per heavy atom. The Bertz CT molecular complexity index is 625. The van der Waals surface area contributed by atoms with Crippen molar-refractivity contribution < 1.29 is 14.6 Å². The maximum absolute atomic E-state index is 10.9. The van der Waals surface area contributed by atoms with Crippen LogP contribution in [0.15, 0.2) is 18.2 Å². The zero-order chi connectivity index (χ0) is 13.5. The van der Waals surface area contributed by atoms with Gasteiger partial charge in [-0.3, -0.25) is 0 Å². The second kappa shape index (κ2) is 4.58. The van der Waals surface area contributed by atoms with E-state index in [1.165, 1.54) is 6.42 Å². The number of rotatable bonds is 4. The summed E-state index contributed by atoms with van der Waals surface area (Å²) in [4.78, 5) is 15.5. The summed E-state index contributed by atoms with van der Waals surface area (Å²) in [6, 6.07) is 5.07. The second-order valence-corrected chi connectivity index (χ2v) is 6.13. The van der Waals surface area contributed by atoms with Crippen molar-refractivity contribution in [3.05, 3.63) is 28.8 Å². The summed E-state index contributed by atoms with van der Waals surface area (Å²) in [5.74, 6) is -0.899. The van der Waals surface area contributed by atoms with Gasteiger partial charge in [-0.05, 0) is 37.5 Å². The number of methoxy groups -OCH3 is 1. The molecule has 0 amide bonds. The van der Waals surface area contributed by atoms with E-state index < -0.39 is 5.97 Å². The zero-order valence-corrected chi connectivity index (χ0v) is 11.5. The number of thiazole rings is 1. The van der Waals surface area contributed by atoms with Gasteiger partial charge >= 0.3 is 5.97 Å². The highest BCUT2D eigenvalue weighted by molar-refractivity contribution is 7.18. The number of hydrogen-bond donors (Lipinski definition) is 1. The molecule has 0 unspecified atom stereocenters. The summed E-state index contributed by atoms with van der Waals surface area (Å²) >= 11 is 1.57. The van der Waals surface area contributed by atoms with Gasteiger partial charge in [0, 0.05) is 13.5 Å². The number of aromatic nitrogens is 1. The van der Waals surface area contributed by atoms with Crippen molar-refractivity contribution in [3.63, 3.8) is 0 Å².